The topological polar surface area (TPSA) is 108 Å². The molecule has 9 heteroatoms. The van der Waals surface area contributed by atoms with Gasteiger partial charge in [0.1, 0.15) is 5.56 Å². The summed E-state index contributed by atoms with van der Waals surface area (Å²) in [6.45, 7) is 0. The summed E-state index contributed by atoms with van der Waals surface area (Å²) in [5, 5.41) is 2.43. The van der Waals surface area contributed by atoms with E-state index < -0.39 is 17.4 Å². The minimum atomic E-state index is -0.730. The van der Waals surface area contributed by atoms with Crippen LogP contribution in [-0.2, 0) is 0 Å². The first-order chi connectivity index (χ1) is 12.1. The number of aromatic nitrogens is 3. The summed E-state index contributed by atoms with van der Waals surface area (Å²) in [7, 11) is 0. The van der Waals surface area contributed by atoms with Crippen molar-refractivity contribution in [2.75, 3.05) is 0 Å². The van der Waals surface area contributed by atoms with Gasteiger partial charge in [0.2, 0.25) is 0 Å². The molecule has 0 aliphatic carbocycles. The number of nitrogens with one attached hydrogen (secondary N) is 3. The molecule has 0 saturated heterocycles. The molecule has 4 rings (SSSR count). The largest absolute Gasteiger partial charge is 0.360 e. The van der Waals surface area contributed by atoms with Gasteiger partial charge in [0.25, 0.3) is 17.4 Å². The average molecular weight is 353 g/mol. The van der Waals surface area contributed by atoms with Gasteiger partial charge in [-0.1, -0.05) is 18.2 Å². The van der Waals surface area contributed by atoms with Crippen LogP contribution >= 0.6 is 11.3 Å². The van der Waals surface area contributed by atoms with E-state index in [0.717, 1.165) is 10.9 Å². The van der Waals surface area contributed by atoms with Crippen molar-refractivity contribution in [1.29, 1.82) is 0 Å². The zero-order chi connectivity index (χ0) is 17.4. The fourth-order valence-electron chi connectivity index (χ4n) is 2.49. The van der Waals surface area contributed by atoms with Crippen molar-refractivity contribution >= 4 is 39.0 Å². The number of thiazole rings is 1. The Hall–Kier alpha value is -3.46. The van der Waals surface area contributed by atoms with E-state index in [1.165, 1.54) is 28.1 Å². The number of carbonyl (C=O) groups is 2. The lowest BCUT2D eigenvalue weighted by Crippen LogP contribution is -2.43. The highest BCUT2D eigenvalue weighted by atomic mass is 32.1. The summed E-state index contributed by atoms with van der Waals surface area (Å²) >= 11 is 1.29. The monoisotopic (exact) mass is 353 g/mol. The van der Waals surface area contributed by atoms with E-state index in [-0.39, 0.29) is 5.56 Å². The Morgan fingerprint density at radius 1 is 1.12 bits per heavy atom. The maximum absolute atomic E-state index is 12.3. The molecule has 0 fully saturated rings. The number of H-pyrrole nitrogens is 1. The zero-order valence-corrected chi connectivity index (χ0v) is 13.5. The number of hydrazine groups is 1. The van der Waals surface area contributed by atoms with Gasteiger partial charge in [-0.25, -0.2) is 4.98 Å². The molecule has 0 spiro atoms. The summed E-state index contributed by atoms with van der Waals surface area (Å²) in [6, 6.07) is 7.30. The Labute approximate surface area is 144 Å². The Kier molecular flexibility index (Phi) is 3.55. The number of hydrogen-bond acceptors (Lipinski definition) is 5. The standard InChI is InChI=1S/C16H11N5O3S/c22-13(10-7-17-12-4-2-1-3-9(10)12)19-20-14(23)11-8-18-16-21(15(11)24)5-6-25-16/h1-8,17H,(H,19,22)(H,20,23). The molecule has 0 atom stereocenters. The summed E-state index contributed by atoms with van der Waals surface area (Å²) < 4.78 is 1.28. The number of rotatable bonds is 2. The molecule has 0 saturated carbocycles. The summed E-state index contributed by atoms with van der Waals surface area (Å²) in [6.07, 6.45) is 4.29. The minimum Gasteiger partial charge on any atom is -0.360 e. The molecule has 3 aromatic heterocycles. The number of hydrogen-bond donors (Lipinski definition) is 3. The summed E-state index contributed by atoms with van der Waals surface area (Å²) in [5.74, 6) is -1.22. The van der Waals surface area contributed by atoms with Gasteiger partial charge in [-0.3, -0.25) is 29.6 Å². The minimum absolute atomic E-state index is 0.157. The summed E-state index contributed by atoms with van der Waals surface area (Å²) in [4.78, 5) is 44.2. The van der Waals surface area contributed by atoms with Crippen LogP contribution in [0.2, 0.25) is 0 Å². The van der Waals surface area contributed by atoms with Crippen molar-refractivity contribution in [2.45, 2.75) is 0 Å². The van der Waals surface area contributed by atoms with Crippen LogP contribution in [0.5, 0.6) is 0 Å². The van der Waals surface area contributed by atoms with E-state index in [1.54, 1.807) is 17.6 Å². The molecule has 0 bridgehead atoms. The van der Waals surface area contributed by atoms with Gasteiger partial charge < -0.3 is 4.98 Å². The van der Waals surface area contributed by atoms with Crippen molar-refractivity contribution in [3.05, 3.63) is 69.7 Å². The number of carbonyl (C=O) groups excluding carboxylic acids is 2. The zero-order valence-electron chi connectivity index (χ0n) is 12.6. The smallest absolute Gasteiger partial charge is 0.276 e. The Balaban J connectivity index is 1.54. The second-order valence-corrected chi connectivity index (χ2v) is 6.06. The molecule has 0 unspecified atom stereocenters. The van der Waals surface area contributed by atoms with Gasteiger partial charge in [-0.2, -0.15) is 0 Å². The van der Waals surface area contributed by atoms with E-state index in [2.05, 4.69) is 20.8 Å². The number of fused-ring (bicyclic) bond motifs is 2. The van der Waals surface area contributed by atoms with Crippen LogP contribution in [0.4, 0.5) is 0 Å². The van der Waals surface area contributed by atoms with Crippen molar-refractivity contribution in [3.63, 3.8) is 0 Å². The Morgan fingerprint density at radius 2 is 1.88 bits per heavy atom. The van der Waals surface area contributed by atoms with Gasteiger partial charge in [0.05, 0.1) is 5.56 Å². The fourth-order valence-corrected chi connectivity index (χ4v) is 3.16. The molecule has 4 aromatic rings. The molecule has 2 amide bonds. The third-order valence-corrected chi connectivity index (χ3v) is 4.48. The molecule has 0 aliphatic heterocycles. The molecular weight excluding hydrogens is 342 g/mol. The maximum Gasteiger partial charge on any atom is 0.276 e. The molecule has 8 nitrogen and oxygen atoms in total. The van der Waals surface area contributed by atoms with Crippen LogP contribution < -0.4 is 16.4 Å². The fraction of sp³-hybridized carbons (Fsp3) is 0. The van der Waals surface area contributed by atoms with E-state index in [4.69, 9.17) is 0 Å². The van der Waals surface area contributed by atoms with Crippen LogP contribution in [0.15, 0.2) is 53.0 Å². The molecular formula is C16H11N5O3S. The van der Waals surface area contributed by atoms with Gasteiger partial charge in [0.15, 0.2) is 4.96 Å². The molecule has 0 radical (unpaired) electrons. The van der Waals surface area contributed by atoms with E-state index >= 15 is 0 Å². The SMILES string of the molecule is O=C(NNC(=O)c1c[nH]c2ccccc12)c1cnc2sccn2c1=O. The van der Waals surface area contributed by atoms with Crippen molar-refractivity contribution < 1.29 is 9.59 Å². The second-order valence-electron chi connectivity index (χ2n) is 5.19. The molecule has 3 heterocycles. The summed E-state index contributed by atoms with van der Waals surface area (Å²) in [5.41, 5.74) is 5.10. The van der Waals surface area contributed by atoms with Crippen LogP contribution in [-0.4, -0.2) is 26.2 Å². The predicted octanol–water partition coefficient (Wildman–Crippen LogP) is 1.31. The van der Waals surface area contributed by atoms with E-state index in [0.29, 0.717) is 10.5 Å². The molecule has 25 heavy (non-hydrogen) atoms. The average Bonchev–Trinajstić information content (AvgIpc) is 3.27. The lowest BCUT2D eigenvalue weighted by Gasteiger charge is -2.06. The third-order valence-electron chi connectivity index (χ3n) is 3.71. The lowest BCUT2D eigenvalue weighted by molar-refractivity contribution is 0.0846. The predicted molar refractivity (Wildman–Crippen MR) is 92.6 cm³/mol. The first kappa shape index (κ1) is 15.1. The lowest BCUT2D eigenvalue weighted by atomic mass is 10.2. The van der Waals surface area contributed by atoms with Crippen LogP contribution in [0.25, 0.3) is 15.9 Å². The van der Waals surface area contributed by atoms with Gasteiger partial charge in [-0.05, 0) is 6.07 Å². The highest BCUT2D eigenvalue weighted by Crippen LogP contribution is 2.17. The van der Waals surface area contributed by atoms with Crippen molar-refractivity contribution in [1.82, 2.24) is 25.2 Å². The van der Waals surface area contributed by atoms with Gasteiger partial charge in [0, 0.05) is 34.9 Å². The number of nitrogens with zero attached hydrogens (tertiary/aromatic N) is 2. The van der Waals surface area contributed by atoms with Crippen LogP contribution in [0, 0.1) is 0 Å². The highest BCUT2D eigenvalue weighted by Gasteiger charge is 2.16. The van der Waals surface area contributed by atoms with E-state index in [1.807, 2.05) is 18.2 Å². The highest BCUT2D eigenvalue weighted by molar-refractivity contribution is 7.15. The van der Waals surface area contributed by atoms with Crippen molar-refractivity contribution in [3.8, 4) is 0 Å². The molecule has 124 valence electrons. The van der Waals surface area contributed by atoms with Gasteiger partial charge in [-0.15, -0.1) is 11.3 Å². The Morgan fingerprint density at radius 3 is 2.72 bits per heavy atom. The van der Waals surface area contributed by atoms with Crippen molar-refractivity contribution in [2.24, 2.45) is 0 Å². The number of para-hydroxylation sites is 1. The second kappa shape index (κ2) is 5.87. The third kappa shape index (κ3) is 2.56. The van der Waals surface area contributed by atoms with Gasteiger partial charge >= 0.3 is 0 Å². The van der Waals surface area contributed by atoms with Crippen LogP contribution in [0.1, 0.15) is 20.7 Å². The normalized spacial score (nSPS) is 10.9. The quantitative estimate of drug-likeness (QED) is 0.472. The first-order valence-corrected chi connectivity index (χ1v) is 8.15. The number of amides is 2. The number of aromatic amines is 1. The molecule has 3 N–H and O–H groups in total. The first-order valence-electron chi connectivity index (χ1n) is 7.27. The van der Waals surface area contributed by atoms with Crippen LogP contribution in [0.3, 0.4) is 0 Å². The Bertz CT molecular complexity index is 1170. The molecule has 0 aliphatic rings. The number of benzene rings is 1. The van der Waals surface area contributed by atoms with E-state index in [9.17, 15) is 14.4 Å². The maximum atomic E-state index is 12.3. The molecule has 1 aromatic carbocycles.